The Hall–Kier alpha value is -0.490. The summed E-state index contributed by atoms with van der Waals surface area (Å²) in [4.78, 5) is 8.46. The lowest BCUT2D eigenvalue weighted by Gasteiger charge is -2.14. The number of rotatable bonds is 4. The second-order valence-corrected chi connectivity index (χ2v) is 5.56. The Morgan fingerprint density at radius 3 is 3.00 bits per heavy atom. The van der Waals surface area contributed by atoms with Gasteiger partial charge in [-0.3, -0.25) is 0 Å². The van der Waals surface area contributed by atoms with Crippen LogP contribution in [0, 0.1) is 0 Å². The molecule has 0 aliphatic carbocycles. The van der Waals surface area contributed by atoms with Gasteiger partial charge in [-0.1, -0.05) is 0 Å². The maximum absolute atomic E-state index is 4.27. The highest BCUT2D eigenvalue weighted by Gasteiger charge is 2.17. The van der Waals surface area contributed by atoms with Crippen LogP contribution in [0.4, 0.5) is 11.6 Å². The molecule has 6 heteroatoms. The summed E-state index contributed by atoms with van der Waals surface area (Å²) in [6.07, 6.45) is 2.80. The monoisotopic (exact) mass is 302 g/mol. The Bertz CT molecular complexity index is 355. The number of anilines is 2. The van der Waals surface area contributed by atoms with Crippen LogP contribution in [0.3, 0.4) is 0 Å². The first kappa shape index (κ1) is 12.0. The van der Waals surface area contributed by atoms with Gasteiger partial charge >= 0.3 is 0 Å². The molecule has 1 aliphatic rings. The van der Waals surface area contributed by atoms with Gasteiger partial charge in [-0.25, -0.2) is 9.97 Å². The number of hydrogen-bond donors (Lipinski definition) is 2. The van der Waals surface area contributed by atoms with Crippen LogP contribution in [-0.4, -0.2) is 34.1 Å². The van der Waals surface area contributed by atoms with E-state index in [9.17, 15) is 0 Å². The lowest BCUT2D eigenvalue weighted by molar-refractivity contribution is 0.804. The summed E-state index contributed by atoms with van der Waals surface area (Å²) in [6.45, 7) is 2.91. The van der Waals surface area contributed by atoms with E-state index in [0.29, 0.717) is 6.04 Å². The van der Waals surface area contributed by atoms with Crippen LogP contribution < -0.4 is 10.6 Å². The Balaban J connectivity index is 2.10. The molecular formula is C10H15BrN4S. The minimum Gasteiger partial charge on any atom is -0.369 e. The predicted molar refractivity (Wildman–Crippen MR) is 73.2 cm³/mol. The summed E-state index contributed by atoms with van der Waals surface area (Å²) in [7, 11) is 0. The van der Waals surface area contributed by atoms with Gasteiger partial charge in [0.25, 0.3) is 0 Å². The highest BCUT2D eigenvalue weighted by molar-refractivity contribution is 9.10. The van der Waals surface area contributed by atoms with Gasteiger partial charge in [-0.05, 0) is 35.0 Å². The first-order valence-corrected chi connectivity index (χ1v) is 7.34. The fourth-order valence-electron chi connectivity index (χ4n) is 1.60. The molecule has 1 aromatic rings. The van der Waals surface area contributed by atoms with Crippen molar-refractivity contribution < 1.29 is 0 Å². The van der Waals surface area contributed by atoms with Crippen LogP contribution in [0.2, 0.25) is 0 Å². The Morgan fingerprint density at radius 1 is 1.50 bits per heavy atom. The van der Waals surface area contributed by atoms with Crippen molar-refractivity contribution in [3.05, 3.63) is 10.8 Å². The zero-order chi connectivity index (χ0) is 11.4. The summed E-state index contributed by atoms with van der Waals surface area (Å²) < 4.78 is 0.925. The average molecular weight is 303 g/mol. The molecule has 0 amide bonds. The van der Waals surface area contributed by atoms with Gasteiger partial charge < -0.3 is 10.6 Å². The highest BCUT2D eigenvalue weighted by atomic mass is 79.9. The van der Waals surface area contributed by atoms with Crippen molar-refractivity contribution in [2.24, 2.45) is 0 Å². The Kier molecular flexibility index (Phi) is 4.29. The summed E-state index contributed by atoms with van der Waals surface area (Å²) in [5.41, 5.74) is 0. The van der Waals surface area contributed by atoms with Crippen LogP contribution in [-0.2, 0) is 0 Å². The first-order chi connectivity index (χ1) is 7.81. The molecule has 0 saturated carbocycles. The van der Waals surface area contributed by atoms with Crippen molar-refractivity contribution >= 4 is 39.3 Å². The molecule has 1 saturated heterocycles. The quantitative estimate of drug-likeness (QED) is 0.895. The number of halogens is 1. The molecule has 2 N–H and O–H groups in total. The zero-order valence-electron chi connectivity index (χ0n) is 9.16. The molecule has 2 heterocycles. The van der Waals surface area contributed by atoms with E-state index in [1.54, 1.807) is 6.33 Å². The van der Waals surface area contributed by atoms with Crippen molar-refractivity contribution in [2.75, 3.05) is 28.7 Å². The molecule has 88 valence electrons. The molecule has 0 bridgehead atoms. The molecule has 1 aromatic heterocycles. The molecule has 1 atom stereocenters. The molecule has 0 aromatic carbocycles. The van der Waals surface area contributed by atoms with Crippen molar-refractivity contribution in [1.29, 1.82) is 0 Å². The van der Waals surface area contributed by atoms with Gasteiger partial charge in [-0.2, -0.15) is 11.8 Å². The molecule has 16 heavy (non-hydrogen) atoms. The van der Waals surface area contributed by atoms with Crippen LogP contribution >= 0.6 is 27.7 Å². The Morgan fingerprint density at radius 2 is 2.31 bits per heavy atom. The standard InChI is InChI=1S/C10H15BrN4S/c1-2-12-9-8(11)10(14-6-13-9)15-7-3-4-16-5-7/h6-7H,2-5H2,1H3,(H2,12,13,14,15). The lowest BCUT2D eigenvalue weighted by atomic mass is 10.2. The third kappa shape index (κ3) is 2.79. The van der Waals surface area contributed by atoms with Crippen LogP contribution in [0.15, 0.2) is 10.8 Å². The Labute approximate surface area is 108 Å². The topological polar surface area (TPSA) is 49.8 Å². The molecule has 1 fully saturated rings. The largest absolute Gasteiger partial charge is 0.369 e. The van der Waals surface area contributed by atoms with Crippen LogP contribution in [0.1, 0.15) is 13.3 Å². The van der Waals surface area contributed by atoms with Gasteiger partial charge in [0, 0.05) is 18.3 Å². The third-order valence-electron chi connectivity index (χ3n) is 2.40. The van der Waals surface area contributed by atoms with Crippen molar-refractivity contribution in [3.63, 3.8) is 0 Å². The van der Waals surface area contributed by atoms with Gasteiger partial charge in [0.15, 0.2) is 0 Å². The SMILES string of the molecule is CCNc1ncnc(NC2CCSC2)c1Br. The molecule has 0 radical (unpaired) electrons. The fourth-order valence-corrected chi connectivity index (χ4v) is 3.21. The van der Waals surface area contributed by atoms with Gasteiger partial charge in [0.1, 0.15) is 22.4 Å². The van der Waals surface area contributed by atoms with Gasteiger partial charge in [-0.15, -0.1) is 0 Å². The fraction of sp³-hybridized carbons (Fsp3) is 0.600. The van der Waals surface area contributed by atoms with Crippen molar-refractivity contribution in [1.82, 2.24) is 9.97 Å². The summed E-state index contributed by atoms with van der Waals surface area (Å²) >= 11 is 5.52. The van der Waals surface area contributed by atoms with E-state index < -0.39 is 0 Å². The third-order valence-corrected chi connectivity index (χ3v) is 4.32. The van der Waals surface area contributed by atoms with Gasteiger partial charge in [0.2, 0.25) is 0 Å². The average Bonchev–Trinajstić information content (AvgIpc) is 2.77. The molecule has 2 rings (SSSR count). The van der Waals surface area contributed by atoms with E-state index in [0.717, 1.165) is 28.4 Å². The van der Waals surface area contributed by atoms with Crippen LogP contribution in [0.25, 0.3) is 0 Å². The zero-order valence-corrected chi connectivity index (χ0v) is 11.6. The second kappa shape index (κ2) is 5.72. The van der Waals surface area contributed by atoms with E-state index >= 15 is 0 Å². The normalized spacial score (nSPS) is 19.8. The smallest absolute Gasteiger partial charge is 0.146 e. The summed E-state index contributed by atoms with van der Waals surface area (Å²) in [5, 5.41) is 6.65. The van der Waals surface area contributed by atoms with Gasteiger partial charge in [0.05, 0.1) is 0 Å². The molecular weight excluding hydrogens is 288 g/mol. The summed E-state index contributed by atoms with van der Waals surface area (Å²) in [6, 6.07) is 0.533. The molecule has 0 spiro atoms. The molecule has 4 nitrogen and oxygen atoms in total. The van der Waals surface area contributed by atoms with E-state index in [-0.39, 0.29) is 0 Å². The second-order valence-electron chi connectivity index (χ2n) is 3.62. The maximum Gasteiger partial charge on any atom is 0.146 e. The maximum atomic E-state index is 4.27. The molecule has 1 unspecified atom stereocenters. The van der Waals surface area contributed by atoms with Crippen LogP contribution in [0.5, 0.6) is 0 Å². The first-order valence-electron chi connectivity index (χ1n) is 5.40. The number of hydrogen-bond acceptors (Lipinski definition) is 5. The predicted octanol–water partition coefficient (Wildman–Crippen LogP) is 2.59. The number of thioether (sulfide) groups is 1. The highest BCUT2D eigenvalue weighted by Crippen LogP contribution is 2.29. The number of nitrogens with one attached hydrogen (secondary N) is 2. The minimum absolute atomic E-state index is 0.533. The van der Waals surface area contributed by atoms with E-state index in [2.05, 4.69) is 43.5 Å². The van der Waals surface area contributed by atoms with E-state index in [1.165, 1.54) is 12.2 Å². The minimum atomic E-state index is 0.533. The molecule has 1 aliphatic heterocycles. The lowest BCUT2D eigenvalue weighted by Crippen LogP contribution is -2.19. The van der Waals surface area contributed by atoms with Crippen molar-refractivity contribution in [2.45, 2.75) is 19.4 Å². The number of aromatic nitrogens is 2. The van der Waals surface area contributed by atoms with Crippen molar-refractivity contribution in [3.8, 4) is 0 Å². The van der Waals surface area contributed by atoms with E-state index in [1.807, 2.05) is 11.8 Å². The van der Waals surface area contributed by atoms with E-state index in [4.69, 9.17) is 0 Å². The number of nitrogens with zero attached hydrogens (tertiary/aromatic N) is 2. The summed E-state index contributed by atoms with van der Waals surface area (Å²) in [5.74, 6) is 4.14.